The average molecular weight is 832 g/mol. The number of nitrogens with one attached hydrogen (secondary N) is 1. The molecule has 2 heterocycles. The van der Waals surface area contributed by atoms with Crippen LogP contribution in [0.5, 0.6) is 5.75 Å². The van der Waals surface area contributed by atoms with Gasteiger partial charge < -0.3 is 45.2 Å². The molecule has 322 valence electrons. The van der Waals surface area contributed by atoms with Gasteiger partial charge in [0.15, 0.2) is 12.4 Å². The van der Waals surface area contributed by atoms with Gasteiger partial charge in [0.2, 0.25) is 12.2 Å². The predicted molar refractivity (Wildman–Crippen MR) is 216 cm³/mol. The number of nitrogens with two attached hydrogens (primary N) is 2. The highest BCUT2D eigenvalue weighted by Gasteiger charge is 2.36. The van der Waals surface area contributed by atoms with Crippen molar-refractivity contribution >= 4 is 34.0 Å². The van der Waals surface area contributed by atoms with Gasteiger partial charge in [-0.05, 0) is 115 Å². The van der Waals surface area contributed by atoms with E-state index in [-0.39, 0.29) is 30.7 Å². The predicted octanol–water partition coefficient (Wildman–Crippen LogP) is 4.68. The smallest absolute Gasteiger partial charge is 0.417 e. The number of hydrogen-bond acceptors (Lipinski definition) is 12. The first-order valence-electron chi connectivity index (χ1n) is 19.8. The maximum Gasteiger partial charge on any atom is 0.417 e. The summed E-state index contributed by atoms with van der Waals surface area (Å²) in [5.41, 5.74) is 14.3. The summed E-state index contributed by atoms with van der Waals surface area (Å²) >= 11 is 0. The number of carbonyl (C=O) groups is 3. The Morgan fingerprint density at radius 3 is 2.21 bits per heavy atom. The van der Waals surface area contributed by atoms with Gasteiger partial charge in [-0.2, -0.15) is 8.42 Å². The van der Waals surface area contributed by atoms with Gasteiger partial charge in [-0.15, -0.1) is 4.40 Å². The molecule has 5 atom stereocenters. The van der Waals surface area contributed by atoms with Crippen LogP contribution in [-0.2, 0) is 49.7 Å². The van der Waals surface area contributed by atoms with Gasteiger partial charge >= 0.3 is 12.1 Å². The number of rotatable bonds is 16. The van der Waals surface area contributed by atoms with E-state index in [2.05, 4.69) is 9.71 Å². The SMILES string of the molecule is COc1cc(C)c(S(=O)(=O)/N=C(\N)N(CCC[C@H](N)C(OC2CCCCO2)C(=O)N[C@H](Cc2ccccc2)C(=O)OC2CCCCO2)C(=O)OC(C)(C)C)c(C)c1C. The quantitative estimate of drug-likeness (QED) is 0.119. The molecule has 5 N–H and O–H groups in total. The first-order chi connectivity index (χ1) is 27.4. The summed E-state index contributed by atoms with van der Waals surface area (Å²) in [5.74, 6) is -1.40. The van der Waals surface area contributed by atoms with Crippen LogP contribution in [0.4, 0.5) is 4.79 Å². The Kier molecular flexibility index (Phi) is 16.9. The van der Waals surface area contributed by atoms with Crippen molar-refractivity contribution < 1.29 is 51.2 Å². The molecule has 0 bridgehead atoms. The molecule has 2 aromatic carbocycles. The Bertz CT molecular complexity index is 1840. The van der Waals surface area contributed by atoms with Gasteiger partial charge in [0.05, 0.1) is 18.6 Å². The molecule has 58 heavy (non-hydrogen) atoms. The molecular formula is C41H61N5O11S. The van der Waals surface area contributed by atoms with Crippen LogP contribution >= 0.6 is 0 Å². The number of ether oxygens (including phenoxy) is 6. The van der Waals surface area contributed by atoms with E-state index in [1.54, 1.807) is 47.6 Å². The Balaban J connectivity index is 1.56. The number of hydrogen-bond donors (Lipinski definition) is 3. The Morgan fingerprint density at radius 1 is 0.983 bits per heavy atom. The minimum atomic E-state index is -4.42. The molecule has 2 aromatic rings. The molecule has 2 fully saturated rings. The van der Waals surface area contributed by atoms with Crippen molar-refractivity contribution in [2.75, 3.05) is 26.9 Å². The van der Waals surface area contributed by atoms with Crippen LogP contribution in [-0.4, -0.2) is 100 Å². The van der Waals surface area contributed by atoms with Crippen LogP contribution in [0.15, 0.2) is 45.7 Å². The molecule has 2 aliphatic heterocycles. The van der Waals surface area contributed by atoms with E-state index >= 15 is 0 Å². The van der Waals surface area contributed by atoms with Crippen molar-refractivity contribution in [3.8, 4) is 5.75 Å². The van der Waals surface area contributed by atoms with E-state index in [0.717, 1.165) is 36.1 Å². The zero-order chi connectivity index (χ0) is 42.6. The number of carbonyl (C=O) groups excluding carboxylic acids is 3. The van der Waals surface area contributed by atoms with Crippen LogP contribution in [0.25, 0.3) is 0 Å². The minimum Gasteiger partial charge on any atom is -0.496 e. The fourth-order valence-electron chi connectivity index (χ4n) is 6.75. The summed E-state index contributed by atoms with van der Waals surface area (Å²) in [6.45, 7) is 10.7. The lowest BCUT2D eigenvalue weighted by Crippen LogP contribution is -2.55. The van der Waals surface area contributed by atoms with Crippen LogP contribution in [0, 0.1) is 20.8 Å². The number of nitrogens with zero attached hydrogens (tertiary/aromatic N) is 2. The third-order valence-electron chi connectivity index (χ3n) is 9.83. The lowest BCUT2D eigenvalue weighted by molar-refractivity contribution is -0.198. The van der Waals surface area contributed by atoms with E-state index in [0.29, 0.717) is 48.5 Å². The second-order valence-corrected chi connectivity index (χ2v) is 17.2. The van der Waals surface area contributed by atoms with Crippen LogP contribution in [0.3, 0.4) is 0 Å². The Labute approximate surface area is 342 Å². The highest BCUT2D eigenvalue weighted by Crippen LogP contribution is 2.32. The molecule has 0 spiro atoms. The van der Waals surface area contributed by atoms with E-state index in [4.69, 9.17) is 39.9 Å². The normalized spacial score (nSPS) is 19.3. The molecule has 0 saturated carbocycles. The molecule has 4 rings (SSSR count). The number of methoxy groups -OCH3 is 1. The van der Waals surface area contributed by atoms with Crippen molar-refractivity contribution in [2.24, 2.45) is 15.9 Å². The molecule has 2 amide bonds. The first-order valence-corrected chi connectivity index (χ1v) is 21.3. The summed E-state index contributed by atoms with van der Waals surface area (Å²) < 4.78 is 65.6. The van der Waals surface area contributed by atoms with Crippen molar-refractivity contribution in [2.45, 2.75) is 141 Å². The van der Waals surface area contributed by atoms with Gasteiger partial charge in [-0.3, -0.25) is 4.79 Å². The number of amides is 2. The highest BCUT2D eigenvalue weighted by molar-refractivity contribution is 7.90. The first kappa shape index (κ1) is 46.4. The second kappa shape index (κ2) is 21.1. The Hall–Kier alpha value is -4.29. The summed E-state index contributed by atoms with van der Waals surface area (Å²) in [4.78, 5) is 42.0. The van der Waals surface area contributed by atoms with Gasteiger partial charge in [-0.1, -0.05) is 30.3 Å². The van der Waals surface area contributed by atoms with Crippen molar-refractivity contribution in [1.29, 1.82) is 0 Å². The number of esters is 1. The van der Waals surface area contributed by atoms with Crippen molar-refractivity contribution in [3.63, 3.8) is 0 Å². The molecule has 0 aromatic heterocycles. The number of aryl methyl sites for hydroxylation is 1. The number of guanidine groups is 1. The summed E-state index contributed by atoms with van der Waals surface area (Å²) in [7, 11) is -2.93. The molecule has 0 aliphatic carbocycles. The topological polar surface area (TPSA) is 220 Å². The van der Waals surface area contributed by atoms with Crippen LogP contribution in [0.2, 0.25) is 0 Å². The Morgan fingerprint density at radius 2 is 1.62 bits per heavy atom. The summed E-state index contributed by atoms with van der Waals surface area (Å²) in [6, 6.07) is 8.74. The van der Waals surface area contributed by atoms with E-state index in [9.17, 15) is 22.8 Å². The molecule has 16 nitrogen and oxygen atoms in total. The average Bonchev–Trinajstić information content (AvgIpc) is 3.16. The third kappa shape index (κ3) is 13.4. The van der Waals surface area contributed by atoms with E-state index in [1.165, 1.54) is 7.11 Å². The fourth-order valence-corrected chi connectivity index (χ4v) is 8.20. The third-order valence-corrected chi connectivity index (χ3v) is 11.4. The molecule has 0 radical (unpaired) electrons. The van der Waals surface area contributed by atoms with Crippen molar-refractivity contribution in [3.05, 3.63) is 58.7 Å². The van der Waals surface area contributed by atoms with Gasteiger partial charge in [0.1, 0.15) is 17.4 Å². The zero-order valence-electron chi connectivity index (χ0n) is 34.8. The van der Waals surface area contributed by atoms with E-state index < -0.39 is 70.3 Å². The maximum absolute atomic E-state index is 14.1. The van der Waals surface area contributed by atoms with Gasteiger partial charge in [-0.25, -0.2) is 14.5 Å². The number of sulfonamides is 1. The molecule has 2 aliphatic rings. The zero-order valence-corrected chi connectivity index (χ0v) is 35.6. The van der Waals surface area contributed by atoms with E-state index in [1.807, 2.05) is 30.3 Å². The number of benzene rings is 2. The molecule has 3 unspecified atom stereocenters. The van der Waals surface area contributed by atoms with Gasteiger partial charge in [0, 0.05) is 32.0 Å². The van der Waals surface area contributed by atoms with Crippen molar-refractivity contribution in [1.82, 2.24) is 10.2 Å². The standard InChI is InChI=1S/C41H61N5O11S/c1-26-24-32(52-7)27(2)28(3)36(26)58(50,51)45-39(43)46(40(49)57-41(4,5)6)21-15-18-30(42)35(55-33-19-11-13-22-53-33)37(47)44-31(25-29-16-9-8-10-17-29)38(48)56-34-20-12-14-23-54-34/h8-10,16-17,24,30-31,33-35H,11-15,18-23,25,42H2,1-7H3,(H2,43,45)(H,44,47)/t30-,31+,33?,34?,35?/m0/s1. The molecule has 17 heteroatoms. The maximum atomic E-state index is 14.1. The fraction of sp³-hybridized carbons (Fsp3) is 0.610. The highest BCUT2D eigenvalue weighted by atomic mass is 32.2. The lowest BCUT2D eigenvalue weighted by Gasteiger charge is -2.32. The molecular weight excluding hydrogens is 771 g/mol. The molecule has 2 saturated heterocycles. The van der Waals surface area contributed by atoms with Crippen LogP contribution in [0.1, 0.15) is 94.4 Å². The lowest BCUT2D eigenvalue weighted by atomic mass is 10.0. The van der Waals surface area contributed by atoms with Crippen LogP contribution < -0.4 is 21.5 Å². The monoisotopic (exact) mass is 831 g/mol. The van der Waals surface area contributed by atoms with Gasteiger partial charge in [0.25, 0.3) is 15.9 Å². The summed E-state index contributed by atoms with van der Waals surface area (Å²) in [6.07, 6.45) is 1.16. The second-order valence-electron chi connectivity index (χ2n) is 15.7. The summed E-state index contributed by atoms with van der Waals surface area (Å²) in [5, 5.41) is 2.82. The largest absolute Gasteiger partial charge is 0.496 e. The minimum absolute atomic E-state index is 0.0587.